The van der Waals surface area contributed by atoms with E-state index in [0.29, 0.717) is 0 Å². The molecular weight excluding hydrogens is 436 g/mol. The van der Waals surface area contributed by atoms with Gasteiger partial charge in [-0.2, -0.15) is 0 Å². The lowest BCUT2D eigenvalue weighted by Gasteiger charge is -2.43. The van der Waals surface area contributed by atoms with E-state index in [2.05, 4.69) is 0 Å². The lowest BCUT2D eigenvalue weighted by Crippen LogP contribution is -2.62. The molecule has 7 nitrogen and oxygen atoms in total. The largest absolute Gasteiger partial charge is 0.479 e. The van der Waals surface area contributed by atoms with Crippen molar-refractivity contribution >= 4 is 5.97 Å². The van der Waals surface area contributed by atoms with Gasteiger partial charge in [-0.25, -0.2) is 4.79 Å². The normalized spacial score (nSPS) is 24.6. The Bertz CT molecular complexity index is 1010. The summed E-state index contributed by atoms with van der Waals surface area (Å²) in [5, 5.41) is 20.5. The maximum atomic E-state index is 12.0. The molecule has 4 rings (SSSR count). The first-order valence-electron chi connectivity index (χ1n) is 11.1. The van der Waals surface area contributed by atoms with Crippen LogP contribution in [0.1, 0.15) is 16.7 Å². The molecule has 1 heterocycles. The number of aliphatic hydroxyl groups excluding tert-OH is 1. The summed E-state index contributed by atoms with van der Waals surface area (Å²) in [6.07, 6.45) is -5.78. The van der Waals surface area contributed by atoms with E-state index in [1.54, 1.807) is 0 Å². The number of benzene rings is 3. The van der Waals surface area contributed by atoms with Gasteiger partial charge in [-0.3, -0.25) is 0 Å². The molecule has 0 amide bonds. The standard InChI is InChI=1S/C27H28O7/c28-26(29)24-22(31-16-19-10-4-1-5-11-19)23(32-17-20-12-6-2-7-13-20)25(27(30)34-24)33-18-21-14-8-3-9-15-21/h1-15,22-25,27,30H,16-18H2,(H,28,29). The van der Waals surface area contributed by atoms with Crippen molar-refractivity contribution in [1.82, 2.24) is 0 Å². The maximum absolute atomic E-state index is 12.0. The minimum Gasteiger partial charge on any atom is -0.479 e. The fraction of sp³-hybridized carbons (Fsp3) is 0.296. The van der Waals surface area contributed by atoms with E-state index in [4.69, 9.17) is 18.9 Å². The van der Waals surface area contributed by atoms with Crippen LogP contribution < -0.4 is 0 Å². The van der Waals surface area contributed by atoms with Gasteiger partial charge in [0.05, 0.1) is 19.8 Å². The average Bonchev–Trinajstić information content (AvgIpc) is 2.87. The molecule has 3 aromatic carbocycles. The van der Waals surface area contributed by atoms with Crippen molar-refractivity contribution in [3.05, 3.63) is 108 Å². The highest BCUT2D eigenvalue weighted by Gasteiger charge is 2.50. The quantitative estimate of drug-likeness (QED) is 0.474. The van der Waals surface area contributed by atoms with E-state index in [0.717, 1.165) is 16.7 Å². The van der Waals surface area contributed by atoms with Gasteiger partial charge in [0.25, 0.3) is 0 Å². The van der Waals surface area contributed by atoms with Crippen LogP contribution >= 0.6 is 0 Å². The highest BCUT2D eigenvalue weighted by Crippen LogP contribution is 2.29. The van der Waals surface area contributed by atoms with Gasteiger partial charge in [-0.15, -0.1) is 0 Å². The van der Waals surface area contributed by atoms with Gasteiger partial charge < -0.3 is 29.2 Å². The van der Waals surface area contributed by atoms with E-state index in [-0.39, 0.29) is 19.8 Å². The highest BCUT2D eigenvalue weighted by molar-refractivity contribution is 5.73. The number of rotatable bonds is 10. The summed E-state index contributed by atoms with van der Waals surface area (Å²) in [6, 6.07) is 28.4. The third-order valence-corrected chi connectivity index (χ3v) is 5.61. The molecule has 0 saturated carbocycles. The van der Waals surface area contributed by atoms with Crippen LogP contribution in [0, 0.1) is 0 Å². The summed E-state index contributed by atoms with van der Waals surface area (Å²) in [4.78, 5) is 12.0. The number of carboxylic acids is 1. The molecule has 1 aliphatic rings. The predicted molar refractivity (Wildman–Crippen MR) is 124 cm³/mol. The molecule has 5 unspecified atom stereocenters. The fourth-order valence-electron chi connectivity index (χ4n) is 3.87. The van der Waals surface area contributed by atoms with Crippen molar-refractivity contribution < 1.29 is 34.0 Å². The molecule has 2 N–H and O–H groups in total. The Morgan fingerprint density at radius 2 is 1.03 bits per heavy atom. The third kappa shape index (κ3) is 6.28. The van der Waals surface area contributed by atoms with E-state index in [1.807, 2.05) is 91.0 Å². The SMILES string of the molecule is O=C(O)C1OC(O)C(OCc2ccccc2)C(OCc2ccccc2)C1OCc1ccccc1. The summed E-state index contributed by atoms with van der Waals surface area (Å²) < 4.78 is 23.7. The molecule has 1 aliphatic heterocycles. The lowest BCUT2D eigenvalue weighted by atomic mass is 9.97. The molecule has 5 atom stereocenters. The molecule has 1 fully saturated rings. The number of carboxylic acid groups (broad SMARTS) is 1. The predicted octanol–water partition coefficient (Wildman–Crippen LogP) is 3.54. The first kappa shape index (κ1) is 24.1. The average molecular weight is 465 g/mol. The number of hydrogen-bond acceptors (Lipinski definition) is 6. The van der Waals surface area contributed by atoms with Crippen LogP contribution in [0.4, 0.5) is 0 Å². The summed E-state index contributed by atoms with van der Waals surface area (Å²) in [6.45, 7) is 0.548. The zero-order chi connectivity index (χ0) is 23.8. The molecular formula is C27H28O7. The van der Waals surface area contributed by atoms with E-state index < -0.39 is 36.7 Å². The topological polar surface area (TPSA) is 94.5 Å². The number of hydrogen-bond donors (Lipinski definition) is 2. The van der Waals surface area contributed by atoms with Crippen LogP contribution in [0.15, 0.2) is 91.0 Å². The Hall–Kier alpha value is -3.07. The van der Waals surface area contributed by atoms with Crippen molar-refractivity contribution in [2.75, 3.05) is 0 Å². The van der Waals surface area contributed by atoms with Crippen molar-refractivity contribution in [3.8, 4) is 0 Å². The Morgan fingerprint density at radius 1 is 0.647 bits per heavy atom. The summed E-state index contributed by atoms with van der Waals surface area (Å²) in [5.41, 5.74) is 2.68. The van der Waals surface area contributed by atoms with E-state index in [9.17, 15) is 15.0 Å². The Balaban J connectivity index is 1.57. The second-order valence-electron chi connectivity index (χ2n) is 8.07. The van der Waals surface area contributed by atoms with Gasteiger partial charge in [-0.1, -0.05) is 91.0 Å². The second kappa shape index (κ2) is 11.9. The number of carbonyl (C=O) groups is 1. The molecule has 7 heteroatoms. The van der Waals surface area contributed by atoms with Crippen LogP contribution in [0.3, 0.4) is 0 Å². The second-order valence-corrected chi connectivity index (χ2v) is 8.07. The zero-order valence-corrected chi connectivity index (χ0v) is 18.6. The van der Waals surface area contributed by atoms with Gasteiger partial charge >= 0.3 is 5.97 Å². The maximum Gasteiger partial charge on any atom is 0.335 e. The number of aliphatic carboxylic acids is 1. The summed E-state index contributed by atoms with van der Waals surface area (Å²) in [7, 11) is 0. The molecule has 178 valence electrons. The van der Waals surface area contributed by atoms with Crippen LogP contribution in [-0.4, -0.2) is 46.9 Å². The van der Waals surface area contributed by atoms with Gasteiger partial charge in [-0.05, 0) is 16.7 Å². The smallest absolute Gasteiger partial charge is 0.335 e. The molecule has 0 bridgehead atoms. The van der Waals surface area contributed by atoms with Crippen molar-refractivity contribution in [3.63, 3.8) is 0 Å². The van der Waals surface area contributed by atoms with Gasteiger partial charge in [0.1, 0.15) is 18.3 Å². The number of ether oxygens (including phenoxy) is 4. The molecule has 0 aliphatic carbocycles. The van der Waals surface area contributed by atoms with E-state index in [1.165, 1.54) is 0 Å². The lowest BCUT2D eigenvalue weighted by molar-refractivity contribution is -0.308. The minimum atomic E-state index is -1.50. The Kier molecular flexibility index (Phi) is 8.41. The van der Waals surface area contributed by atoms with Crippen LogP contribution in [-0.2, 0) is 43.6 Å². The fourth-order valence-corrected chi connectivity index (χ4v) is 3.87. The van der Waals surface area contributed by atoms with Crippen LogP contribution in [0.25, 0.3) is 0 Å². The van der Waals surface area contributed by atoms with Crippen molar-refractivity contribution in [2.24, 2.45) is 0 Å². The first-order chi connectivity index (χ1) is 16.6. The Labute approximate surface area is 198 Å². The van der Waals surface area contributed by atoms with Crippen LogP contribution in [0.2, 0.25) is 0 Å². The summed E-state index contributed by atoms with van der Waals surface area (Å²) in [5.74, 6) is -1.24. The molecule has 1 saturated heterocycles. The minimum absolute atomic E-state index is 0.158. The van der Waals surface area contributed by atoms with Gasteiger partial charge in [0, 0.05) is 0 Å². The third-order valence-electron chi connectivity index (χ3n) is 5.61. The van der Waals surface area contributed by atoms with Gasteiger partial charge in [0.2, 0.25) is 0 Å². The Morgan fingerprint density at radius 3 is 1.44 bits per heavy atom. The van der Waals surface area contributed by atoms with E-state index >= 15 is 0 Å². The molecule has 0 spiro atoms. The summed E-state index contributed by atoms with van der Waals surface area (Å²) >= 11 is 0. The number of aliphatic hydroxyl groups is 1. The zero-order valence-electron chi connectivity index (χ0n) is 18.6. The van der Waals surface area contributed by atoms with Crippen molar-refractivity contribution in [1.29, 1.82) is 0 Å². The monoisotopic (exact) mass is 464 g/mol. The molecule has 34 heavy (non-hydrogen) atoms. The molecule has 3 aromatic rings. The highest BCUT2D eigenvalue weighted by atomic mass is 16.7. The van der Waals surface area contributed by atoms with Crippen LogP contribution in [0.5, 0.6) is 0 Å². The first-order valence-corrected chi connectivity index (χ1v) is 11.1. The molecule has 0 radical (unpaired) electrons. The van der Waals surface area contributed by atoms with Crippen molar-refractivity contribution in [2.45, 2.75) is 50.5 Å². The van der Waals surface area contributed by atoms with Gasteiger partial charge in [0.15, 0.2) is 12.4 Å². The molecule has 0 aromatic heterocycles.